The molecule has 1 heterocycles. The lowest BCUT2D eigenvalue weighted by atomic mass is 10.1. The van der Waals surface area contributed by atoms with Gasteiger partial charge in [0.15, 0.2) is 0 Å². The summed E-state index contributed by atoms with van der Waals surface area (Å²) in [4.78, 5) is 42.8. The number of alkyl carbamates (subject to hydrolysis) is 1. The van der Waals surface area contributed by atoms with Gasteiger partial charge >= 0.3 is 6.09 Å². The van der Waals surface area contributed by atoms with E-state index in [4.69, 9.17) is 21.1 Å². The summed E-state index contributed by atoms with van der Waals surface area (Å²) in [6.45, 7) is 8.92. The summed E-state index contributed by atoms with van der Waals surface area (Å²) < 4.78 is 15.0. The van der Waals surface area contributed by atoms with Crippen molar-refractivity contribution in [2.45, 2.75) is 46.8 Å². The number of rotatable bonds is 7. The molecule has 0 unspecified atom stereocenters. The average Bonchev–Trinajstić information content (AvgIpc) is 3.29. The van der Waals surface area contributed by atoms with Gasteiger partial charge in [0.05, 0.1) is 34.4 Å². The van der Waals surface area contributed by atoms with E-state index in [9.17, 15) is 14.4 Å². The van der Waals surface area contributed by atoms with Crippen LogP contribution in [0.1, 0.15) is 47.1 Å². The van der Waals surface area contributed by atoms with Crippen LogP contribution in [0.5, 0.6) is 5.75 Å². The van der Waals surface area contributed by atoms with E-state index in [1.165, 1.54) is 11.5 Å². The van der Waals surface area contributed by atoms with Crippen molar-refractivity contribution in [3.05, 3.63) is 63.0 Å². The second-order valence-electron chi connectivity index (χ2n) is 9.89. The molecule has 0 fully saturated rings. The van der Waals surface area contributed by atoms with Crippen LogP contribution in [0.4, 0.5) is 10.5 Å². The topological polar surface area (TPSA) is 131 Å². The smallest absolute Gasteiger partial charge is 0.414 e. The Kier molecular flexibility index (Phi) is 10.9. The van der Waals surface area contributed by atoms with Crippen molar-refractivity contribution in [2.75, 3.05) is 17.8 Å². The SMILES string of the molecule is COc1ccc(-c2nsc(C)c2C(=O)/N=C(/NCc2cc(C)c(NC(=O)CBr)c(Cl)c2)NC(=O)OC(C)(C)C)cc1. The number of aryl methyl sites for hydroxylation is 2. The molecule has 3 amide bonds. The van der Waals surface area contributed by atoms with Gasteiger partial charge in [0.25, 0.3) is 5.91 Å². The second-order valence-corrected chi connectivity index (χ2v) is 11.8. The zero-order valence-corrected chi connectivity index (χ0v) is 26.6. The number of halogens is 2. The van der Waals surface area contributed by atoms with Gasteiger partial charge in [0.1, 0.15) is 11.4 Å². The first kappa shape index (κ1) is 32.0. The maximum absolute atomic E-state index is 13.5. The van der Waals surface area contributed by atoms with Crippen molar-refractivity contribution in [1.82, 2.24) is 15.0 Å². The van der Waals surface area contributed by atoms with Gasteiger partial charge in [-0.2, -0.15) is 9.37 Å². The molecular formula is C28H31BrClN5O5S. The Labute approximate surface area is 256 Å². The number of carbonyl (C=O) groups excluding carboxylic acids is 3. The molecule has 0 atom stereocenters. The second kappa shape index (κ2) is 13.9. The van der Waals surface area contributed by atoms with E-state index in [1.807, 2.05) is 25.1 Å². The number of ether oxygens (including phenoxy) is 2. The summed E-state index contributed by atoms with van der Waals surface area (Å²) >= 11 is 10.7. The first-order valence-electron chi connectivity index (χ1n) is 12.4. The Hall–Kier alpha value is -3.48. The minimum Gasteiger partial charge on any atom is -0.497 e. The standard InChI is InChI=1S/C28H31BrClN5O5S/c1-15-11-17(12-20(30)23(15)32-21(36)13-29)14-31-26(34-27(38)40-28(3,4)5)33-25(37)22-16(2)41-35-24(22)18-7-9-19(39-6)10-8-18/h7-12H,13-14H2,1-6H3,(H,32,36)(H2,31,33,34,37,38). The first-order chi connectivity index (χ1) is 19.3. The highest BCUT2D eigenvalue weighted by atomic mass is 79.9. The van der Waals surface area contributed by atoms with Gasteiger partial charge in [-0.25, -0.2) is 4.79 Å². The van der Waals surface area contributed by atoms with E-state index in [0.717, 1.165) is 16.7 Å². The van der Waals surface area contributed by atoms with Gasteiger partial charge in [-0.15, -0.1) is 0 Å². The van der Waals surface area contributed by atoms with Gasteiger partial charge < -0.3 is 20.1 Å². The number of nitrogens with one attached hydrogen (secondary N) is 3. The van der Waals surface area contributed by atoms with Crippen LogP contribution in [0.15, 0.2) is 41.4 Å². The zero-order chi connectivity index (χ0) is 30.3. The van der Waals surface area contributed by atoms with E-state index in [1.54, 1.807) is 53.0 Å². The first-order valence-corrected chi connectivity index (χ1v) is 14.7. The van der Waals surface area contributed by atoms with Gasteiger partial charge in [0.2, 0.25) is 11.9 Å². The van der Waals surface area contributed by atoms with Crippen LogP contribution in [0.25, 0.3) is 11.3 Å². The number of hydrogen-bond donors (Lipinski definition) is 3. The van der Waals surface area contributed by atoms with Gasteiger partial charge in [-0.3, -0.25) is 14.9 Å². The van der Waals surface area contributed by atoms with E-state index in [0.29, 0.717) is 32.6 Å². The van der Waals surface area contributed by atoms with Crippen molar-refractivity contribution in [3.8, 4) is 17.0 Å². The van der Waals surface area contributed by atoms with Crippen molar-refractivity contribution >= 4 is 68.6 Å². The van der Waals surface area contributed by atoms with Crippen LogP contribution in [0, 0.1) is 13.8 Å². The molecule has 2 aromatic carbocycles. The van der Waals surface area contributed by atoms with E-state index < -0.39 is 17.6 Å². The third-order valence-electron chi connectivity index (χ3n) is 5.47. The number of nitrogens with zero attached hydrogens (tertiary/aromatic N) is 2. The fourth-order valence-corrected chi connectivity index (χ4v) is 4.85. The molecule has 41 heavy (non-hydrogen) atoms. The van der Waals surface area contributed by atoms with Crippen LogP contribution in [-0.4, -0.2) is 46.3 Å². The number of anilines is 1. The molecular weight excluding hydrogens is 634 g/mol. The number of hydrogen-bond acceptors (Lipinski definition) is 7. The number of alkyl halides is 1. The molecule has 3 rings (SSSR count). The molecule has 218 valence electrons. The number of aromatic nitrogens is 1. The highest BCUT2D eigenvalue weighted by molar-refractivity contribution is 9.09. The Balaban J connectivity index is 1.91. The lowest BCUT2D eigenvalue weighted by Crippen LogP contribution is -2.43. The molecule has 0 spiro atoms. The summed E-state index contributed by atoms with van der Waals surface area (Å²) in [7, 11) is 1.57. The van der Waals surface area contributed by atoms with Crippen molar-refractivity contribution in [2.24, 2.45) is 4.99 Å². The molecule has 0 radical (unpaired) electrons. The fraction of sp³-hybridized carbons (Fsp3) is 0.321. The van der Waals surface area contributed by atoms with Crippen LogP contribution in [0.3, 0.4) is 0 Å². The lowest BCUT2D eigenvalue weighted by molar-refractivity contribution is -0.113. The summed E-state index contributed by atoms with van der Waals surface area (Å²) in [6, 6.07) is 10.7. The summed E-state index contributed by atoms with van der Waals surface area (Å²) in [5.41, 5.74) is 2.71. The molecule has 3 N–H and O–H groups in total. The van der Waals surface area contributed by atoms with E-state index in [-0.39, 0.29) is 23.7 Å². The maximum Gasteiger partial charge on any atom is 0.414 e. The fourth-order valence-electron chi connectivity index (χ4n) is 3.67. The van der Waals surface area contributed by atoms with Gasteiger partial charge in [-0.05, 0) is 87.6 Å². The van der Waals surface area contributed by atoms with E-state index >= 15 is 0 Å². The van der Waals surface area contributed by atoms with Crippen LogP contribution >= 0.6 is 39.1 Å². The molecule has 1 aromatic heterocycles. The molecule has 0 aliphatic rings. The number of methoxy groups -OCH3 is 1. The number of aliphatic imine (C=N–C) groups is 1. The minimum absolute atomic E-state index is 0.110. The predicted molar refractivity (Wildman–Crippen MR) is 165 cm³/mol. The molecule has 13 heteroatoms. The largest absolute Gasteiger partial charge is 0.497 e. The van der Waals surface area contributed by atoms with Crippen LogP contribution in [-0.2, 0) is 16.1 Å². The number of benzene rings is 2. The minimum atomic E-state index is -0.783. The summed E-state index contributed by atoms with van der Waals surface area (Å²) in [5, 5.41) is 8.75. The normalized spacial score (nSPS) is 11.6. The molecule has 0 aliphatic heterocycles. The van der Waals surface area contributed by atoms with Crippen molar-refractivity contribution < 1.29 is 23.9 Å². The highest BCUT2D eigenvalue weighted by Gasteiger charge is 2.22. The summed E-state index contributed by atoms with van der Waals surface area (Å²) in [6.07, 6.45) is -0.783. The maximum atomic E-state index is 13.5. The molecule has 10 nitrogen and oxygen atoms in total. The Bertz CT molecular complexity index is 1440. The Morgan fingerprint density at radius 2 is 1.80 bits per heavy atom. The predicted octanol–water partition coefficient (Wildman–Crippen LogP) is 6.23. The third-order valence-corrected chi connectivity index (χ3v) is 7.02. The van der Waals surface area contributed by atoms with Gasteiger partial charge in [0, 0.05) is 17.0 Å². The lowest BCUT2D eigenvalue weighted by Gasteiger charge is -2.20. The number of amides is 3. The number of carbonyl (C=O) groups is 3. The molecule has 0 saturated heterocycles. The Morgan fingerprint density at radius 3 is 2.39 bits per heavy atom. The number of guanidine groups is 1. The highest BCUT2D eigenvalue weighted by Crippen LogP contribution is 2.30. The monoisotopic (exact) mass is 663 g/mol. The molecule has 0 bridgehead atoms. The zero-order valence-electron chi connectivity index (χ0n) is 23.5. The summed E-state index contributed by atoms with van der Waals surface area (Å²) in [5.74, 6) is -0.264. The van der Waals surface area contributed by atoms with Crippen LogP contribution < -0.4 is 20.7 Å². The van der Waals surface area contributed by atoms with Crippen LogP contribution in [0.2, 0.25) is 5.02 Å². The average molecular weight is 665 g/mol. The third kappa shape index (κ3) is 9.00. The molecule has 0 saturated carbocycles. The molecule has 0 aliphatic carbocycles. The Morgan fingerprint density at radius 1 is 1.12 bits per heavy atom. The van der Waals surface area contributed by atoms with Crippen molar-refractivity contribution in [1.29, 1.82) is 0 Å². The quantitative estimate of drug-likeness (QED) is 0.155. The van der Waals surface area contributed by atoms with Crippen molar-refractivity contribution in [3.63, 3.8) is 0 Å². The molecule has 3 aromatic rings. The van der Waals surface area contributed by atoms with Gasteiger partial charge in [-0.1, -0.05) is 33.6 Å². The van der Waals surface area contributed by atoms with E-state index in [2.05, 4.69) is 41.2 Å².